The van der Waals surface area contributed by atoms with Crippen LogP contribution in [0, 0.1) is 0 Å². The Morgan fingerprint density at radius 2 is 1.68 bits per heavy atom. The van der Waals surface area contributed by atoms with Gasteiger partial charge in [-0.15, -0.1) is 0 Å². The Morgan fingerprint density at radius 3 is 2.40 bits per heavy atom. The number of phenols is 1. The second kappa shape index (κ2) is 7.36. The number of rotatable bonds is 5. The molecule has 4 nitrogen and oxygen atoms in total. The summed E-state index contributed by atoms with van der Waals surface area (Å²) >= 11 is 0. The predicted octanol–water partition coefficient (Wildman–Crippen LogP) is 3.79. The minimum Gasteiger partial charge on any atom is -0.508 e. The lowest BCUT2D eigenvalue weighted by Crippen LogP contribution is -2.37. The number of phenolic OH excluding ortho intramolecular Hbond substituents is 1. The van der Waals surface area contributed by atoms with Gasteiger partial charge in [0.2, 0.25) is 5.91 Å². The van der Waals surface area contributed by atoms with Gasteiger partial charge >= 0.3 is 0 Å². The number of carbonyl (C=O) groups excluding carboxylic acids is 1. The molecule has 2 N–H and O–H groups in total. The quantitative estimate of drug-likeness (QED) is 0.746. The van der Waals surface area contributed by atoms with Gasteiger partial charge in [-0.1, -0.05) is 60.7 Å². The third-order valence-electron chi connectivity index (χ3n) is 4.38. The van der Waals surface area contributed by atoms with Crippen molar-refractivity contribution in [1.29, 1.82) is 0 Å². The second-order valence-corrected chi connectivity index (χ2v) is 5.95. The molecule has 0 aromatic heterocycles. The molecule has 0 unspecified atom stereocenters. The van der Waals surface area contributed by atoms with Crippen molar-refractivity contribution in [2.24, 2.45) is 0 Å². The van der Waals surface area contributed by atoms with Crippen LogP contribution in [-0.2, 0) is 9.53 Å². The first kappa shape index (κ1) is 17.0. The molecule has 1 amide bonds. The smallest absolute Gasteiger partial charge is 0.249 e. The Balaban J connectivity index is 2.15. The van der Waals surface area contributed by atoms with E-state index in [4.69, 9.17) is 4.74 Å². The largest absolute Gasteiger partial charge is 0.508 e. The summed E-state index contributed by atoms with van der Waals surface area (Å²) < 4.78 is 5.13. The number of carbonyl (C=O) groups is 1. The molecule has 4 heteroatoms. The van der Waals surface area contributed by atoms with Crippen LogP contribution >= 0.6 is 0 Å². The normalized spacial score (nSPS) is 13.4. The third-order valence-corrected chi connectivity index (χ3v) is 4.38. The van der Waals surface area contributed by atoms with Gasteiger partial charge in [-0.2, -0.15) is 0 Å². The summed E-state index contributed by atoms with van der Waals surface area (Å²) in [6, 6.07) is 20.5. The molecule has 0 heterocycles. The highest BCUT2D eigenvalue weighted by Gasteiger charge is 2.24. The van der Waals surface area contributed by atoms with Gasteiger partial charge in [0.15, 0.2) is 0 Å². The molecule has 0 bridgehead atoms. The van der Waals surface area contributed by atoms with Crippen molar-refractivity contribution in [1.82, 2.24) is 5.32 Å². The zero-order valence-corrected chi connectivity index (χ0v) is 14.3. The van der Waals surface area contributed by atoms with E-state index in [1.807, 2.05) is 60.7 Å². The van der Waals surface area contributed by atoms with E-state index >= 15 is 0 Å². The van der Waals surface area contributed by atoms with Crippen molar-refractivity contribution in [2.45, 2.75) is 19.1 Å². The van der Waals surface area contributed by atoms with Crippen LogP contribution in [0.3, 0.4) is 0 Å². The molecule has 0 aliphatic rings. The first-order valence-electron chi connectivity index (χ1n) is 8.20. The summed E-state index contributed by atoms with van der Waals surface area (Å²) in [6.45, 7) is 1.69. The molecule has 25 heavy (non-hydrogen) atoms. The first-order chi connectivity index (χ1) is 12.1. The molecule has 0 saturated carbocycles. The monoisotopic (exact) mass is 335 g/mol. The Kier molecular flexibility index (Phi) is 5.00. The summed E-state index contributed by atoms with van der Waals surface area (Å²) in [5.41, 5.74) is 1.58. The number of ether oxygens (including phenoxy) is 1. The number of benzene rings is 3. The molecule has 0 aliphatic heterocycles. The number of hydrogen-bond acceptors (Lipinski definition) is 3. The van der Waals surface area contributed by atoms with Crippen LogP contribution in [0.4, 0.5) is 0 Å². The Morgan fingerprint density at radius 1 is 1.00 bits per heavy atom. The summed E-state index contributed by atoms with van der Waals surface area (Å²) in [6.07, 6.45) is -0.580. The van der Waals surface area contributed by atoms with Crippen LogP contribution in [0.2, 0.25) is 0 Å². The molecule has 0 fully saturated rings. The molecule has 3 aromatic carbocycles. The molecule has 0 spiro atoms. The minimum atomic E-state index is -0.580. The molecule has 3 rings (SSSR count). The zero-order chi connectivity index (χ0) is 17.8. The van der Waals surface area contributed by atoms with Crippen LogP contribution in [-0.4, -0.2) is 24.2 Å². The Labute approximate surface area is 147 Å². The third kappa shape index (κ3) is 3.49. The standard InChI is InChI=1S/C21H21NO3/c1-14(25-2)21(24)22-20(16-9-4-3-5-10-16)19-17-11-7-6-8-15(17)12-13-18(19)23/h3-14,20,23H,1-2H3,(H,22,24)/t14-,20+/m0/s1. The van der Waals surface area contributed by atoms with E-state index in [0.717, 1.165) is 16.3 Å². The van der Waals surface area contributed by atoms with E-state index in [0.29, 0.717) is 5.56 Å². The summed E-state index contributed by atoms with van der Waals surface area (Å²) in [5, 5.41) is 15.5. The topological polar surface area (TPSA) is 58.6 Å². The van der Waals surface area contributed by atoms with Crippen LogP contribution in [0.15, 0.2) is 66.7 Å². The van der Waals surface area contributed by atoms with Gasteiger partial charge < -0.3 is 15.2 Å². The number of nitrogens with one attached hydrogen (secondary N) is 1. The van der Waals surface area contributed by atoms with Gasteiger partial charge in [-0.05, 0) is 29.3 Å². The Hall–Kier alpha value is -2.85. The molecular formula is C21H21NO3. The lowest BCUT2D eigenvalue weighted by Gasteiger charge is -2.24. The Bertz CT molecular complexity index is 877. The number of amides is 1. The highest BCUT2D eigenvalue weighted by Crippen LogP contribution is 2.35. The van der Waals surface area contributed by atoms with Gasteiger partial charge in [0.1, 0.15) is 11.9 Å². The fourth-order valence-corrected chi connectivity index (χ4v) is 2.92. The van der Waals surface area contributed by atoms with E-state index < -0.39 is 12.1 Å². The van der Waals surface area contributed by atoms with Crippen LogP contribution in [0.1, 0.15) is 24.1 Å². The van der Waals surface area contributed by atoms with E-state index in [2.05, 4.69) is 5.32 Å². The molecule has 0 saturated heterocycles. The van der Waals surface area contributed by atoms with E-state index in [1.165, 1.54) is 7.11 Å². The van der Waals surface area contributed by atoms with Crippen LogP contribution in [0.5, 0.6) is 5.75 Å². The van der Waals surface area contributed by atoms with Crippen molar-refractivity contribution in [3.63, 3.8) is 0 Å². The maximum absolute atomic E-state index is 12.5. The number of fused-ring (bicyclic) bond motifs is 1. The first-order valence-corrected chi connectivity index (χ1v) is 8.20. The van der Waals surface area contributed by atoms with Gasteiger partial charge in [0, 0.05) is 12.7 Å². The van der Waals surface area contributed by atoms with E-state index in [9.17, 15) is 9.90 Å². The maximum atomic E-state index is 12.5. The SMILES string of the molecule is CO[C@@H](C)C(=O)N[C@H](c1ccccc1)c1c(O)ccc2ccccc12. The van der Waals surface area contributed by atoms with Crippen molar-refractivity contribution in [3.8, 4) is 5.75 Å². The van der Waals surface area contributed by atoms with Crippen LogP contribution in [0.25, 0.3) is 10.8 Å². The fraction of sp³-hybridized carbons (Fsp3) is 0.190. The van der Waals surface area contributed by atoms with Crippen LogP contribution < -0.4 is 5.32 Å². The van der Waals surface area contributed by atoms with E-state index in [1.54, 1.807) is 13.0 Å². The van der Waals surface area contributed by atoms with E-state index in [-0.39, 0.29) is 11.7 Å². The number of methoxy groups -OCH3 is 1. The average Bonchev–Trinajstić information content (AvgIpc) is 2.66. The molecule has 0 aliphatic carbocycles. The highest BCUT2D eigenvalue weighted by atomic mass is 16.5. The predicted molar refractivity (Wildman–Crippen MR) is 98.5 cm³/mol. The summed E-state index contributed by atoms with van der Waals surface area (Å²) in [7, 11) is 1.50. The lowest BCUT2D eigenvalue weighted by atomic mass is 9.92. The highest BCUT2D eigenvalue weighted by molar-refractivity contribution is 5.90. The molecule has 3 aromatic rings. The molecule has 0 radical (unpaired) electrons. The van der Waals surface area contributed by atoms with Gasteiger partial charge in [0.05, 0.1) is 6.04 Å². The van der Waals surface area contributed by atoms with Gasteiger partial charge in [0.25, 0.3) is 0 Å². The average molecular weight is 335 g/mol. The van der Waals surface area contributed by atoms with Crippen molar-refractivity contribution >= 4 is 16.7 Å². The molecule has 2 atom stereocenters. The van der Waals surface area contributed by atoms with Crippen molar-refractivity contribution < 1.29 is 14.6 Å². The van der Waals surface area contributed by atoms with Crippen molar-refractivity contribution in [2.75, 3.05) is 7.11 Å². The molecule has 128 valence electrons. The van der Waals surface area contributed by atoms with Gasteiger partial charge in [-0.3, -0.25) is 4.79 Å². The van der Waals surface area contributed by atoms with Gasteiger partial charge in [-0.25, -0.2) is 0 Å². The minimum absolute atomic E-state index is 0.151. The maximum Gasteiger partial charge on any atom is 0.249 e. The second-order valence-electron chi connectivity index (χ2n) is 5.95. The number of aromatic hydroxyl groups is 1. The fourth-order valence-electron chi connectivity index (χ4n) is 2.92. The summed E-state index contributed by atoms with van der Waals surface area (Å²) in [5.74, 6) is -0.0818. The van der Waals surface area contributed by atoms with Crippen molar-refractivity contribution in [3.05, 3.63) is 77.9 Å². The summed E-state index contributed by atoms with van der Waals surface area (Å²) in [4.78, 5) is 12.5. The zero-order valence-electron chi connectivity index (χ0n) is 14.3. The lowest BCUT2D eigenvalue weighted by molar-refractivity contribution is -0.130. The number of hydrogen-bond donors (Lipinski definition) is 2. The molecular weight excluding hydrogens is 314 g/mol.